The molecular formula is C21H22N8. The first-order valence-electron chi connectivity index (χ1n) is 9.75. The molecule has 2 saturated heterocycles. The summed E-state index contributed by atoms with van der Waals surface area (Å²) in [5.74, 6) is 1.22. The van der Waals surface area contributed by atoms with Gasteiger partial charge in [-0.15, -0.1) is 0 Å². The van der Waals surface area contributed by atoms with Crippen LogP contribution in [0.25, 0.3) is 5.69 Å². The van der Waals surface area contributed by atoms with Gasteiger partial charge >= 0.3 is 0 Å². The van der Waals surface area contributed by atoms with Crippen molar-refractivity contribution in [3.8, 4) is 11.8 Å². The summed E-state index contributed by atoms with van der Waals surface area (Å²) >= 11 is 0. The Bertz CT molecular complexity index is 1050. The molecule has 5 rings (SSSR count). The van der Waals surface area contributed by atoms with E-state index < -0.39 is 0 Å². The predicted octanol–water partition coefficient (Wildman–Crippen LogP) is 2.56. The van der Waals surface area contributed by atoms with Crippen LogP contribution in [-0.4, -0.2) is 56.6 Å². The molecule has 0 aliphatic carbocycles. The third-order valence-corrected chi connectivity index (χ3v) is 6.17. The molecule has 2 aliphatic rings. The number of nitrogens with one attached hydrogen (secondary N) is 1. The van der Waals surface area contributed by atoms with Gasteiger partial charge in [0.15, 0.2) is 5.69 Å². The number of imidazole rings is 1. The Labute approximate surface area is 169 Å². The lowest BCUT2D eigenvalue weighted by molar-refractivity contribution is 0.0307. The van der Waals surface area contributed by atoms with Crippen molar-refractivity contribution in [2.45, 2.75) is 18.4 Å². The molecular weight excluding hydrogens is 364 g/mol. The van der Waals surface area contributed by atoms with Gasteiger partial charge in [-0.3, -0.25) is 4.90 Å². The van der Waals surface area contributed by atoms with E-state index in [4.69, 9.17) is 5.26 Å². The molecule has 2 aliphatic heterocycles. The fourth-order valence-electron chi connectivity index (χ4n) is 4.19. The zero-order valence-electron chi connectivity index (χ0n) is 16.3. The molecule has 29 heavy (non-hydrogen) atoms. The van der Waals surface area contributed by atoms with Crippen LogP contribution in [-0.2, 0) is 0 Å². The third kappa shape index (κ3) is 3.19. The van der Waals surface area contributed by atoms with E-state index in [1.807, 2.05) is 16.8 Å². The predicted molar refractivity (Wildman–Crippen MR) is 110 cm³/mol. The van der Waals surface area contributed by atoms with Crippen molar-refractivity contribution in [2.24, 2.45) is 0 Å². The topological polar surface area (TPSA) is 85.9 Å². The van der Waals surface area contributed by atoms with E-state index in [-0.39, 0.29) is 5.69 Å². The quantitative estimate of drug-likeness (QED) is 0.737. The average Bonchev–Trinajstić information content (AvgIpc) is 3.42. The number of likely N-dealkylation sites (tertiary alicyclic amines) is 1. The first-order chi connectivity index (χ1) is 14.1. The molecule has 3 aromatic rings. The summed E-state index contributed by atoms with van der Waals surface area (Å²) in [5, 5.41) is 11.9. The van der Waals surface area contributed by atoms with E-state index in [1.165, 1.54) is 37.5 Å². The van der Waals surface area contributed by atoms with Crippen LogP contribution in [0.15, 0.2) is 49.2 Å². The summed E-state index contributed by atoms with van der Waals surface area (Å²) in [6, 6.07) is 10.6. The SMILES string of the molecule is CN1CCC12CCN(c1ccc(-n3cnc(Nc4cnc(C#N)cn4)c3)cc1)C2. The fourth-order valence-corrected chi connectivity index (χ4v) is 4.19. The smallest absolute Gasteiger partial charge is 0.158 e. The van der Waals surface area contributed by atoms with Gasteiger partial charge in [0.2, 0.25) is 0 Å². The maximum Gasteiger partial charge on any atom is 0.158 e. The van der Waals surface area contributed by atoms with Crippen molar-refractivity contribution >= 4 is 17.3 Å². The average molecular weight is 386 g/mol. The highest BCUT2D eigenvalue weighted by molar-refractivity contribution is 5.54. The van der Waals surface area contributed by atoms with E-state index in [2.05, 4.69) is 61.4 Å². The molecule has 2 fully saturated rings. The Morgan fingerprint density at radius 1 is 1.00 bits per heavy atom. The second-order valence-corrected chi connectivity index (χ2v) is 7.77. The monoisotopic (exact) mass is 386 g/mol. The lowest BCUT2D eigenvalue weighted by Crippen LogP contribution is -2.59. The minimum absolute atomic E-state index is 0.286. The minimum Gasteiger partial charge on any atom is -0.370 e. The van der Waals surface area contributed by atoms with Gasteiger partial charge in [-0.2, -0.15) is 5.26 Å². The van der Waals surface area contributed by atoms with Gasteiger partial charge in [0, 0.05) is 36.5 Å². The number of hydrogen-bond donors (Lipinski definition) is 1. The van der Waals surface area contributed by atoms with Crippen LogP contribution in [0.2, 0.25) is 0 Å². The van der Waals surface area contributed by atoms with Crippen molar-refractivity contribution in [1.82, 2.24) is 24.4 Å². The summed E-state index contributed by atoms with van der Waals surface area (Å²) in [6.07, 6.45) is 9.19. The number of rotatable bonds is 4. The number of nitrogens with zero attached hydrogens (tertiary/aromatic N) is 7. The number of anilines is 3. The second-order valence-electron chi connectivity index (χ2n) is 7.77. The van der Waals surface area contributed by atoms with Crippen LogP contribution in [0.4, 0.5) is 17.3 Å². The van der Waals surface area contributed by atoms with Gasteiger partial charge in [0.25, 0.3) is 0 Å². The number of benzene rings is 1. The highest BCUT2D eigenvalue weighted by Crippen LogP contribution is 2.39. The lowest BCUT2D eigenvalue weighted by atomic mass is 9.85. The van der Waals surface area contributed by atoms with Crippen LogP contribution >= 0.6 is 0 Å². The zero-order valence-corrected chi connectivity index (χ0v) is 16.3. The van der Waals surface area contributed by atoms with Gasteiger partial charge in [0.1, 0.15) is 24.0 Å². The molecule has 1 spiro atoms. The molecule has 2 aromatic heterocycles. The minimum atomic E-state index is 0.286. The van der Waals surface area contributed by atoms with Crippen molar-refractivity contribution in [3.05, 3.63) is 54.9 Å². The molecule has 1 unspecified atom stereocenters. The standard InChI is InChI=1S/C21H22N8/c1-27-8-6-21(27)7-9-28(14-21)17-2-4-18(5-3-17)29-13-20(25-15-29)26-19-12-23-16(10-22)11-24-19/h2-5,11-13,15H,6-9,14H2,1H3,(H,24,26). The molecule has 0 bridgehead atoms. The first kappa shape index (κ1) is 17.6. The molecule has 0 amide bonds. The number of aromatic nitrogens is 4. The van der Waals surface area contributed by atoms with Gasteiger partial charge < -0.3 is 14.8 Å². The Morgan fingerprint density at radius 2 is 1.79 bits per heavy atom. The van der Waals surface area contributed by atoms with E-state index in [0.717, 1.165) is 18.8 Å². The second kappa shape index (κ2) is 6.87. The van der Waals surface area contributed by atoms with Crippen molar-refractivity contribution < 1.29 is 0 Å². The highest BCUT2D eigenvalue weighted by Gasteiger charge is 2.47. The van der Waals surface area contributed by atoms with Crippen LogP contribution in [0, 0.1) is 11.3 Å². The van der Waals surface area contributed by atoms with Crippen LogP contribution in [0.3, 0.4) is 0 Å². The molecule has 1 aromatic carbocycles. The van der Waals surface area contributed by atoms with Crippen molar-refractivity contribution in [3.63, 3.8) is 0 Å². The van der Waals surface area contributed by atoms with Gasteiger partial charge in [-0.1, -0.05) is 0 Å². The molecule has 8 nitrogen and oxygen atoms in total. The molecule has 0 saturated carbocycles. The number of nitriles is 1. The van der Waals surface area contributed by atoms with E-state index in [9.17, 15) is 0 Å². The normalized spacial score (nSPS) is 21.2. The van der Waals surface area contributed by atoms with E-state index in [1.54, 1.807) is 6.33 Å². The van der Waals surface area contributed by atoms with Crippen LogP contribution in [0.5, 0.6) is 0 Å². The summed E-state index contributed by atoms with van der Waals surface area (Å²) in [4.78, 5) is 17.5. The largest absolute Gasteiger partial charge is 0.370 e. The van der Waals surface area contributed by atoms with Crippen molar-refractivity contribution in [2.75, 3.05) is 36.9 Å². The summed E-state index contributed by atoms with van der Waals surface area (Å²) in [7, 11) is 2.24. The summed E-state index contributed by atoms with van der Waals surface area (Å²) in [6.45, 7) is 3.46. The Kier molecular flexibility index (Phi) is 4.18. The Balaban J connectivity index is 1.26. The number of hydrogen-bond acceptors (Lipinski definition) is 7. The maximum atomic E-state index is 8.80. The Morgan fingerprint density at radius 3 is 2.41 bits per heavy atom. The molecule has 4 heterocycles. The summed E-state index contributed by atoms with van der Waals surface area (Å²) in [5.41, 5.74) is 3.01. The lowest BCUT2D eigenvalue weighted by Gasteiger charge is -2.48. The van der Waals surface area contributed by atoms with E-state index in [0.29, 0.717) is 17.2 Å². The number of likely N-dealkylation sites (N-methyl/N-ethyl adjacent to an activating group) is 1. The zero-order chi connectivity index (χ0) is 19.8. The van der Waals surface area contributed by atoms with Crippen LogP contribution in [0.1, 0.15) is 18.5 Å². The molecule has 8 heteroatoms. The van der Waals surface area contributed by atoms with Gasteiger partial charge in [-0.25, -0.2) is 15.0 Å². The molecule has 146 valence electrons. The van der Waals surface area contributed by atoms with E-state index >= 15 is 0 Å². The molecule has 1 atom stereocenters. The van der Waals surface area contributed by atoms with Crippen molar-refractivity contribution in [1.29, 1.82) is 5.26 Å². The Hall–Kier alpha value is -3.44. The highest BCUT2D eigenvalue weighted by atomic mass is 15.3. The summed E-state index contributed by atoms with van der Waals surface area (Å²) < 4.78 is 1.97. The van der Waals surface area contributed by atoms with Gasteiger partial charge in [-0.05, 0) is 44.2 Å². The third-order valence-electron chi connectivity index (χ3n) is 6.17. The molecule has 1 N–H and O–H groups in total. The maximum absolute atomic E-state index is 8.80. The first-order valence-corrected chi connectivity index (χ1v) is 9.75. The molecule has 0 radical (unpaired) electrons. The van der Waals surface area contributed by atoms with Crippen LogP contribution < -0.4 is 10.2 Å². The van der Waals surface area contributed by atoms with Gasteiger partial charge in [0.05, 0.1) is 18.6 Å². The fraction of sp³-hybridized carbons (Fsp3) is 0.333.